The van der Waals surface area contributed by atoms with Crippen molar-refractivity contribution in [3.8, 4) is 0 Å². The Labute approximate surface area is 151 Å². The number of rotatable bonds is 7. The Balaban J connectivity index is 1.83. The number of anilines is 1. The maximum atomic E-state index is 12.5. The fourth-order valence-electron chi connectivity index (χ4n) is 2.61. The third kappa shape index (κ3) is 4.95. The fraction of sp³-hybridized carbons (Fsp3) is 0.412. The SMILES string of the molecule is CCOC(=O)CCNC(=O)N[C@H]1CCN(c2ccc(C(=N)N)cc2)C1=O. The number of nitrogen functional groups attached to an aromatic ring is 1. The number of esters is 1. The standard InChI is InChI=1S/C17H23N5O4/c1-2-26-14(23)7-9-20-17(25)21-13-8-10-22(16(13)24)12-5-3-11(4-6-12)15(18)19/h3-6,13H,2,7-10H2,1H3,(H3,18,19)(H2,20,21,25)/t13-/m0/s1. The highest BCUT2D eigenvalue weighted by Gasteiger charge is 2.33. The molecule has 1 fully saturated rings. The van der Waals surface area contributed by atoms with Gasteiger partial charge in [0.25, 0.3) is 0 Å². The Bertz CT molecular complexity index is 689. The maximum Gasteiger partial charge on any atom is 0.315 e. The Morgan fingerprint density at radius 3 is 2.65 bits per heavy atom. The Kier molecular flexibility index (Phi) is 6.54. The molecule has 9 heteroatoms. The van der Waals surface area contributed by atoms with Gasteiger partial charge >= 0.3 is 12.0 Å². The number of amides is 3. The number of nitrogens with two attached hydrogens (primary N) is 1. The van der Waals surface area contributed by atoms with Crippen LogP contribution in [0.25, 0.3) is 0 Å². The van der Waals surface area contributed by atoms with Crippen LogP contribution in [0.3, 0.4) is 0 Å². The molecule has 1 saturated heterocycles. The van der Waals surface area contributed by atoms with Gasteiger partial charge in [-0.1, -0.05) is 0 Å². The molecule has 1 aliphatic heterocycles. The minimum Gasteiger partial charge on any atom is -0.466 e. The van der Waals surface area contributed by atoms with E-state index in [0.29, 0.717) is 30.8 Å². The average Bonchev–Trinajstić information content (AvgIpc) is 2.96. The van der Waals surface area contributed by atoms with Crippen molar-refractivity contribution in [1.29, 1.82) is 5.41 Å². The monoisotopic (exact) mass is 361 g/mol. The van der Waals surface area contributed by atoms with Crippen molar-refractivity contribution >= 4 is 29.4 Å². The van der Waals surface area contributed by atoms with Crippen LogP contribution in [0, 0.1) is 5.41 Å². The molecule has 1 heterocycles. The van der Waals surface area contributed by atoms with Crippen molar-refractivity contribution in [2.24, 2.45) is 5.73 Å². The molecule has 2 rings (SSSR count). The largest absolute Gasteiger partial charge is 0.466 e. The number of carbonyl (C=O) groups excluding carboxylic acids is 3. The van der Waals surface area contributed by atoms with Crippen molar-refractivity contribution < 1.29 is 19.1 Å². The van der Waals surface area contributed by atoms with Gasteiger partial charge in [-0.05, 0) is 37.6 Å². The van der Waals surface area contributed by atoms with E-state index in [1.54, 1.807) is 36.1 Å². The van der Waals surface area contributed by atoms with E-state index < -0.39 is 12.1 Å². The van der Waals surface area contributed by atoms with Crippen LogP contribution in [0.15, 0.2) is 24.3 Å². The molecule has 1 atom stereocenters. The Morgan fingerprint density at radius 2 is 2.04 bits per heavy atom. The number of benzene rings is 1. The lowest BCUT2D eigenvalue weighted by Gasteiger charge is -2.17. The molecule has 0 unspecified atom stereocenters. The number of nitrogens with zero attached hydrogens (tertiary/aromatic N) is 1. The summed E-state index contributed by atoms with van der Waals surface area (Å²) in [6.07, 6.45) is 0.563. The van der Waals surface area contributed by atoms with Gasteiger partial charge in [0, 0.05) is 24.3 Å². The summed E-state index contributed by atoms with van der Waals surface area (Å²) in [7, 11) is 0. The first kappa shape index (κ1) is 19.2. The number of carbonyl (C=O) groups is 3. The second kappa shape index (κ2) is 8.84. The number of ether oxygens (including phenoxy) is 1. The summed E-state index contributed by atoms with van der Waals surface area (Å²) in [5, 5.41) is 12.5. The maximum absolute atomic E-state index is 12.5. The number of amidine groups is 1. The first-order valence-corrected chi connectivity index (χ1v) is 8.38. The second-order valence-corrected chi connectivity index (χ2v) is 5.75. The van der Waals surface area contributed by atoms with E-state index in [2.05, 4.69) is 10.6 Å². The molecule has 1 aromatic carbocycles. The number of nitrogens with one attached hydrogen (secondary N) is 3. The summed E-state index contributed by atoms with van der Waals surface area (Å²) in [6.45, 7) is 2.63. The first-order chi connectivity index (χ1) is 12.4. The van der Waals surface area contributed by atoms with E-state index in [1.165, 1.54) is 0 Å². The highest BCUT2D eigenvalue weighted by molar-refractivity contribution is 6.02. The smallest absolute Gasteiger partial charge is 0.315 e. The van der Waals surface area contributed by atoms with Crippen LogP contribution >= 0.6 is 0 Å². The van der Waals surface area contributed by atoms with Crippen LogP contribution in [-0.4, -0.2) is 49.5 Å². The molecule has 26 heavy (non-hydrogen) atoms. The van der Waals surface area contributed by atoms with Crippen molar-refractivity contribution in [3.05, 3.63) is 29.8 Å². The van der Waals surface area contributed by atoms with Gasteiger partial charge in [-0.2, -0.15) is 0 Å². The van der Waals surface area contributed by atoms with E-state index in [1.807, 2.05) is 0 Å². The van der Waals surface area contributed by atoms with Crippen LogP contribution in [0.4, 0.5) is 10.5 Å². The summed E-state index contributed by atoms with van der Waals surface area (Å²) in [5.41, 5.74) is 6.68. The number of hydrogen-bond donors (Lipinski definition) is 4. The fourth-order valence-corrected chi connectivity index (χ4v) is 2.61. The topological polar surface area (TPSA) is 138 Å². The summed E-state index contributed by atoms with van der Waals surface area (Å²) in [5.74, 6) is -0.630. The van der Waals surface area contributed by atoms with Gasteiger partial charge in [-0.25, -0.2) is 4.79 Å². The highest BCUT2D eigenvalue weighted by atomic mass is 16.5. The molecule has 1 aliphatic rings. The molecule has 5 N–H and O–H groups in total. The highest BCUT2D eigenvalue weighted by Crippen LogP contribution is 2.22. The van der Waals surface area contributed by atoms with Crippen LogP contribution < -0.4 is 21.3 Å². The average molecular weight is 361 g/mol. The molecule has 0 aliphatic carbocycles. The van der Waals surface area contributed by atoms with Crippen LogP contribution in [0.5, 0.6) is 0 Å². The van der Waals surface area contributed by atoms with Crippen LogP contribution in [-0.2, 0) is 14.3 Å². The Hall–Kier alpha value is -3.10. The van der Waals surface area contributed by atoms with Crippen molar-refractivity contribution in [3.63, 3.8) is 0 Å². The molecule has 0 bridgehead atoms. The molecule has 0 spiro atoms. The van der Waals surface area contributed by atoms with Gasteiger partial charge < -0.3 is 26.0 Å². The summed E-state index contributed by atoms with van der Waals surface area (Å²) < 4.78 is 4.77. The quantitative estimate of drug-likeness (QED) is 0.315. The number of hydrogen-bond acceptors (Lipinski definition) is 5. The van der Waals surface area contributed by atoms with Gasteiger partial charge in [0.1, 0.15) is 11.9 Å². The summed E-state index contributed by atoms with van der Waals surface area (Å²) in [4.78, 5) is 37.1. The van der Waals surface area contributed by atoms with Gasteiger partial charge in [-0.3, -0.25) is 15.0 Å². The predicted octanol–water partition coefficient (Wildman–Crippen LogP) is 0.328. The van der Waals surface area contributed by atoms with Crippen molar-refractivity contribution in [2.45, 2.75) is 25.8 Å². The minimum absolute atomic E-state index is 0.0386. The summed E-state index contributed by atoms with van der Waals surface area (Å²) >= 11 is 0. The molecule has 0 radical (unpaired) electrons. The normalized spacial score (nSPS) is 16.3. The molecular formula is C17H23N5O4. The van der Waals surface area contributed by atoms with Crippen molar-refractivity contribution in [1.82, 2.24) is 10.6 Å². The molecular weight excluding hydrogens is 338 g/mol. The lowest BCUT2D eigenvalue weighted by molar-refractivity contribution is -0.142. The van der Waals surface area contributed by atoms with Crippen LogP contribution in [0.2, 0.25) is 0 Å². The van der Waals surface area contributed by atoms with E-state index in [0.717, 1.165) is 0 Å². The number of urea groups is 1. The van der Waals surface area contributed by atoms with Gasteiger partial charge in [0.15, 0.2) is 0 Å². The zero-order valence-electron chi connectivity index (χ0n) is 14.6. The van der Waals surface area contributed by atoms with Crippen LogP contribution in [0.1, 0.15) is 25.3 Å². The third-order valence-electron chi connectivity index (χ3n) is 3.92. The summed E-state index contributed by atoms with van der Waals surface area (Å²) in [6, 6.07) is 5.67. The first-order valence-electron chi connectivity index (χ1n) is 8.38. The second-order valence-electron chi connectivity index (χ2n) is 5.75. The van der Waals surface area contributed by atoms with Gasteiger partial charge in [0.05, 0.1) is 13.0 Å². The lowest BCUT2D eigenvalue weighted by atomic mass is 10.2. The predicted molar refractivity (Wildman–Crippen MR) is 96.0 cm³/mol. The molecule has 3 amide bonds. The molecule has 140 valence electrons. The zero-order chi connectivity index (χ0) is 19.1. The zero-order valence-corrected chi connectivity index (χ0v) is 14.6. The Morgan fingerprint density at radius 1 is 1.35 bits per heavy atom. The van der Waals surface area contributed by atoms with Gasteiger partial charge in [-0.15, -0.1) is 0 Å². The molecule has 0 saturated carbocycles. The van der Waals surface area contributed by atoms with Gasteiger partial charge in [0.2, 0.25) is 5.91 Å². The lowest BCUT2D eigenvalue weighted by Crippen LogP contribution is -2.46. The van der Waals surface area contributed by atoms with E-state index >= 15 is 0 Å². The van der Waals surface area contributed by atoms with E-state index in [9.17, 15) is 14.4 Å². The molecule has 1 aromatic rings. The molecule has 0 aromatic heterocycles. The minimum atomic E-state index is -0.620. The third-order valence-corrected chi connectivity index (χ3v) is 3.92. The van der Waals surface area contributed by atoms with Crippen molar-refractivity contribution in [2.75, 3.05) is 24.6 Å². The molecule has 9 nitrogen and oxygen atoms in total. The van der Waals surface area contributed by atoms with E-state index in [-0.39, 0.29) is 30.7 Å². The van der Waals surface area contributed by atoms with E-state index in [4.69, 9.17) is 15.9 Å².